The van der Waals surface area contributed by atoms with Crippen LogP contribution in [0.15, 0.2) is 53.5 Å². The van der Waals surface area contributed by atoms with Gasteiger partial charge in [-0.3, -0.25) is 4.99 Å². The molecule has 2 heteroatoms. The van der Waals surface area contributed by atoms with Crippen molar-refractivity contribution in [2.45, 2.75) is 26.2 Å². The van der Waals surface area contributed by atoms with Gasteiger partial charge in [0.15, 0.2) is 0 Å². The zero-order valence-corrected chi connectivity index (χ0v) is 11.6. The van der Waals surface area contributed by atoms with Gasteiger partial charge in [-0.25, -0.2) is 0 Å². The van der Waals surface area contributed by atoms with Crippen molar-refractivity contribution >= 4 is 11.9 Å². The molecule has 0 aliphatic rings. The van der Waals surface area contributed by atoms with Crippen LogP contribution in [0, 0.1) is 0 Å². The molecule has 1 N–H and O–H groups in total. The molecule has 2 aromatic rings. The molecular weight excluding hydrogens is 234 g/mol. The number of nitrogens with zero attached hydrogens (tertiary/aromatic N) is 1. The molecule has 0 aliphatic carbocycles. The second-order valence-electron chi connectivity index (χ2n) is 5.61. The minimum Gasteiger partial charge on any atom is -0.507 e. The van der Waals surface area contributed by atoms with Crippen LogP contribution in [0.4, 0.5) is 5.69 Å². The minimum absolute atomic E-state index is 0.153. The number of aromatic hydroxyl groups is 1. The quantitative estimate of drug-likeness (QED) is 0.788. The molecule has 2 aromatic carbocycles. The topological polar surface area (TPSA) is 32.6 Å². The van der Waals surface area contributed by atoms with Crippen molar-refractivity contribution in [3.63, 3.8) is 0 Å². The molecule has 0 spiro atoms. The predicted octanol–water partition coefficient (Wildman–Crippen LogP) is 4.44. The molecule has 0 aliphatic heterocycles. The minimum atomic E-state index is 0.153. The first kappa shape index (κ1) is 13.3. The van der Waals surface area contributed by atoms with Crippen molar-refractivity contribution in [3.8, 4) is 5.75 Å². The zero-order chi connectivity index (χ0) is 13.9. The number of rotatable bonds is 2. The lowest BCUT2D eigenvalue weighted by molar-refractivity contribution is 0.474. The van der Waals surface area contributed by atoms with E-state index in [1.165, 1.54) is 5.56 Å². The lowest BCUT2D eigenvalue weighted by Crippen LogP contribution is -2.10. The molecule has 0 saturated carbocycles. The third-order valence-electron chi connectivity index (χ3n) is 3.02. The maximum atomic E-state index is 9.65. The summed E-state index contributed by atoms with van der Waals surface area (Å²) in [6, 6.07) is 15.4. The van der Waals surface area contributed by atoms with E-state index in [4.69, 9.17) is 0 Å². The fraction of sp³-hybridized carbons (Fsp3) is 0.235. The Balaban J connectivity index is 2.19. The third-order valence-corrected chi connectivity index (χ3v) is 3.02. The van der Waals surface area contributed by atoms with E-state index in [-0.39, 0.29) is 11.2 Å². The van der Waals surface area contributed by atoms with E-state index < -0.39 is 0 Å². The van der Waals surface area contributed by atoms with Crippen LogP contribution in [0.2, 0.25) is 0 Å². The van der Waals surface area contributed by atoms with Crippen LogP contribution in [0.5, 0.6) is 5.75 Å². The van der Waals surface area contributed by atoms with Crippen LogP contribution in [-0.2, 0) is 5.41 Å². The number of aliphatic imine (C=N–C) groups is 1. The molecule has 0 amide bonds. The van der Waals surface area contributed by atoms with E-state index >= 15 is 0 Å². The van der Waals surface area contributed by atoms with Crippen LogP contribution >= 0.6 is 0 Å². The molecular formula is C17H19NO. The molecule has 0 heterocycles. The number of benzene rings is 2. The highest BCUT2D eigenvalue weighted by Gasteiger charge is 2.12. The lowest BCUT2D eigenvalue weighted by Gasteiger charge is -2.18. The molecule has 0 radical (unpaired) electrons. The molecule has 0 atom stereocenters. The van der Waals surface area contributed by atoms with Crippen molar-refractivity contribution < 1.29 is 5.11 Å². The standard InChI is InChI=1S/C17H19NO/c1-17(2,3)14-8-10-15(11-9-14)18-12-13-6-4-5-7-16(13)19/h4-12,19H,1-3H3. The number of hydrogen-bond donors (Lipinski definition) is 1. The monoisotopic (exact) mass is 253 g/mol. The van der Waals surface area contributed by atoms with E-state index in [0.29, 0.717) is 0 Å². The van der Waals surface area contributed by atoms with Crippen LogP contribution in [0.3, 0.4) is 0 Å². The Morgan fingerprint density at radius 1 is 0.947 bits per heavy atom. The highest BCUT2D eigenvalue weighted by Crippen LogP contribution is 2.24. The molecule has 0 aromatic heterocycles. The van der Waals surface area contributed by atoms with Crippen LogP contribution in [-0.4, -0.2) is 11.3 Å². The van der Waals surface area contributed by atoms with Gasteiger partial charge in [0.1, 0.15) is 5.75 Å². The molecule has 0 bridgehead atoms. The second-order valence-corrected chi connectivity index (χ2v) is 5.61. The summed E-state index contributed by atoms with van der Waals surface area (Å²) in [6.07, 6.45) is 1.68. The van der Waals surface area contributed by atoms with E-state index in [1.54, 1.807) is 18.3 Å². The van der Waals surface area contributed by atoms with Crippen molar-refractivity contribution in [1.29, 1.82) is 0 Å². The van der Waals surface area contributed by atoms with Crippen molar-refractivity contribution in [2.24, 2.45) is 4.99 Å². The Bertz CT molecular complexity index is 577. The Morgan fingerprint density at radius 2 is 1.58 bits per heavy atom. The van der Waals surface area contributed by atoms with Gasteiger partial charge in [0.05, 0.1) is 5.69 Å². The normalized spacial score (nSPS) is 11.9. The summed E-state index contributed by atoms with van der Waals surface area (Å²) in [5.41, 5.74) is 3.05. The van der Waals surface area contributed by atoms with Gasteiger partial charge in [-0.1, -0.05) is 45.0 Å². The van der Waals surface area contributed by atoms with Gasteiger partial charge >= 0.3 is 0 Å². The summed E-state index contributed by atoms with van der Waals surface area (Å²) in [7, 11) is 0. The maximum absolute atomic E-state index is 9.65. The van der Waals surface area contributed by atoms with Crippen molar-refractivity contribution in [2.75, 3.05) is 0 Å². The average Bonchev–Trinajstić information content (AvgIpc) is 2.37. The van der Waals surface area contributed by atoms with Crippen molar-refractivity contribution in [1.82, 2.24) is 0 Å². The molecule has 19 heavy (non-hydrogen) atoms. The van der Waals surface area contributed by atoms with Gasteiger partial charge < -0.3 is 5.11 Å². The van der Waals surface area contributed by atoms with Gasteiger partial charge in [0.25, 0.3) is 0 Å². The Morgan fingerprint density at radius 3 is 2.16 bits per heavy atom. The first-order valence-corrected chi connectivity index (χ1v) is 6.39. The van der Waals surface area contributed by atoms with Gasteiger partial charge in [-0.15, -0.1) is 0 Å². The molecule has 0 saturated heterocycles. The molecule has 98 valence electrons. The van der Waals surface area contributed by atoms with Gasteiger partial charge in [0, 0.05) is 11.8 Å². The number of phenolic OH excluding ortho intramolecular Hbond substituents is 1. The van der Waals surface area contributed by atoms with Gasteiger partial charge in [0.2, 0.25) is 0 Å². The maximum Gasteiger partial charge on any atom is 0.124 e. The molecule has 2 nitrogen and oxygen atoms in total. The first-order valence-electron chi connectivity index (χ1n) is 6.39. The van der Waals surface area contributed by atoms with E-state index in [0.717, 1.165) is 11.3 Å². The summed E-state index contributed by atoms with van der Waals surface area (Å²) in [4.78, 5) is 4.38. The fourth-order valence-electron chi connectivity index (χ4n) is 1.79. The molecule has 0 unspecified atom stereocenters. The lowest BCUT2D eigenvalue weighted by atomic mass is 9.87. The first-order chi connectivity index (χ1) is 8.97. The number of hydrogen-bond acceptors (Lipinski definition) is 2. The van der Waals surface area contributed by atoms with E-state index in [9.17, 15) is 5.11 Å². The van der Waals surface area contributed by atoms with Crippen LogP contribution < -0.4 is 0 Å². The predicted molar refractivity (Wildman–Crippen MR) is 80.5 cm³/mol. The summed E-state index contributed by atoms with van der Waals surface area (Å²) < 4.78 is 0. The number of phenols is 1. The molecule has 2 rings (SSSR count). The highest BCUT2D eigenvalue weighted by atomic mass is 16.3. The van der Waals surface area contributed by atoms with E-state index in [2.05, 4.69) is 37.9 Å². The highest BCUT2D eigenvalue weighted by molar-refractivity contribution is 5.85. The fourth-order valence-corrected chi connectivity index (χ4v) is 1.79. The smallest absolute Gasteiger partial charge is 0.124 e. The van der Waals surface area contributed by atoms with E-state index in [1.807, 2.05) is 24.3 Å². The third kappa shape index (κ3) is 3.44. The number of para-hydroxylation sites is 1. The Kier molecular flexibility index (Phi) is 3.70. The van der Waals surface area contributed by atoms with Gasteiger partial charge in [-0.05, 0) is 35.2 Å². The van der Waals surface area contributed by atoms with Gasteiger partial charge in [-0.2, -0.15) is 0 Å². The Labute approximate surface area is 114 Å². The largest absolute Gasteiger partial charge is 0.507 e. The van der Waals surface area contributed by atoms with Crippen LogP contribution in [0.25, 0.3) is 0 Å². The summed E-state index contributed by atoms with van der Waals surface area (Å²) in [6.45, 7) is 6.56. The second kappa shape index (κ2) is 5.27. The SMILES string of the molecule is CC(C)(C)c1ccc(N=Cc2ccccc2O)cc1. The summed E-state index contributed by atoms with van der Waals surface area (Å²) in [5.74, 6) is 0.248. The zero-order valence-electron chi connectivity index (χ0n) is 11.6. The average molecular weight is 253 g/mol. The molecule has 0 fully saturated rings. The van der Waals surface area contributed by atoms with Crippen LogP contribution in [0.1, 0.15) is 31.9 Å². The summed E-state index contributed by atoms with van der Waals surface area (Å²) in [5, 5.41) is 9.65. The summed E-state index contributed by atoms with van der Waals surface area (Å²) >= 11 is 0. The Hall–Kier alpha value is -2.09. The van der Waals surface area contributed by atoms with Crippen molar-refractivity contribution in [3.05, 3.63) is 59.7 Å².